The van der Waals surface area contributed by atoms with Gasteiger partial charge in [-0.2, -0.15) is 5.10 Å². The average Bonchev–Trinajstić information content (AvgIpc) is 2.94. The highest BCUT2D eigenvalue weighted by molar-refractivity contribution is 5.74. The summed E-state index contributed by atoms with van der Waals surface area (Å²) in [5, 5.41) is 10.6. The van der Waals surface area contributed by atoms with Gasteiger partial charge in [-0.3, -0.25) is 0 Å². The van der Waals surface area contributed by atoms with Crippen LogP contribution in [-0.4, -0.2) is 21.9 Å². The van der Waals surface area contributed by atoms with Crippen molar-refractivity contribution >= 4 is 6.03 Å². The summed E-state index contributed by atoms with van der Waals surface area (Å²) in [7, 11) is 0. The van der Waals surface area contributed by atoms with Gasteiger partial charge < -0.3 is 10.6 Å². The van der Waals surface area contributed by atoms with Crippen molar-refractivity contribution in [2.75, 3.05) is 0 Å². The van der Waals surface area contributed by atoms with Crippen LogP contribution in [0.15, 0.2) is 24.4 Å². The first kappa shape index (κ1) is 16.6. The first-order valence-corrected chi connectivity index (χ1v) is 8.67. The molecule has 128 valence electrons. The topological polar surface area (TPSA) is 59.0 Å². The highest BCUT2D eigenvalue weighted by Gasteiger charge is 2.26. The minimum absolute atomic E-state index is 0.0337. The molecule has 1 atom stereocenters. The average molecular weight is 326 g/mol. The van der Waals surface area contributed by atoms with Crippen LogP contribution in [0.1, 0.15) is 55.1 Å². The van der Waals surface area contributed by atoms with E-state index in [9.17, 15) is 4.79 Å². The van der Waals surface area contributed by atoms with E-state index in [4.69, 9.17) is 0 Å². The second-order valence-electron chi connectivity index (χ2n) is 6.89. The molecule has 0 radical (unpaired) electrons. The second kappa shape index (κ2) is 6.67. The number of benzene rings is 1. The Hall–Kier alpha value is -2.30. The molecule has 0 bridgehead atoms. The third kappa shape index (κ3) is 3.16. The Morgan fingerprint density at radius 2 is 2.12 bits per heavy atom. The molecule has 5 heteroatoms. The molecule has 5 nitrogen and oxygen atoms in total. The highest BCUT2D eigenvalue weighted by atomic mass is 16.2. The van der Waals surface area contributed by atoms with Crippen LogP contribution in [0.25, 0.3) is 5.69 Å². The summed E-state index contributed by atoms with van der Waals surface area (Å²) in [6.07, 6.45) is 4.91. The molecule has 2 aromatic rings. The molecule has 1 aromatic carbocycles. The lowest BCUT2D eigenvalue weighted by Gasteiger charge is -2.25. The third-order valence-electron chi connectivity index (χ3n) is 4.71. The molecule has 0 fully saturated rings. The molecule has 24 heavy (non-hydrogen) atoms. The van der Waals surface area contributed by atoms with E-state index in [1.54, 1.807) is 0 Å². The molecule has 1 aromatic heterocycles. The Labute approximate surface area is 143 Å². The van der Waals surface area contributed by atoms with Crippen molar-refractivity contribution in [1.82, 2.24) is 20.4 Å². The number of rotatable bonds is 3. The van der Waals surface area contributed by atoms with Gasteiger partial charge in [0, 0.05) is 17.3 Å². The van der Waals surface area contributed by atoms with Crippen LogP contribution < -0.4 is 10.6 Å². The smallest absolute Gasteiger partial charge is 0.315 e. The Bertz CT molecular complexity index is 748. The Balaban J connectivity index is 1.90. The fraction of sp³-hybridized carbons (Fsp3) is 0.474. The summed E-state index contributed by atoms with van der Waals surface area (Å²) in [6.45, 7) is 8.18. The number of hydrogen-bond donors (Lipinski definition) is 2. The Morgan fingerprint density at radius 1 is 1.33 bits per heavy atom. The van der Waals surface area contributed by atoms with Gasteiger partial charge >= 0.3 is 6.03 Å². The van der Waals surface area contributed by atoms with Gasteiger partial charge in [0.25, 0.3) is 0 Å². The van der Waals surface area contributed by atoms with Gasteiger partial charge in [-0.25, -0.2) is 9.48 Å². The molecule has 1 heterocycles. The lowest BCUT2D eigenvalue weighted by molar-refractivity contribution is 0.233. The number of nitrogens with one attached hydrogen (secondary N) is 2. The van der Waals surface area contributed by atoms with E-state index in [0.29, 0.717) is 0 Å². The zero-order valence-electron chi connectivity index (χ0n) is 14.9. The molecular formula is C19H26N4O. The Kier molecular flexibility index (Phi) is 4.60. The molecule has 3 rings (SSSR count). The van der Waals surface area contributed by atoms with Crippen molar-refractivity contribution in [3.63, 3.8) is 0 Å². The van der Waals surface area contributed by atoms with Crippen LogP contribution >= 0.6 is 0 Å². The third-order valence-corrected chi connectivity index (χ3v) is 4.71. The number of aryl methyl sites for hydroxylation is 1. The van der Waals surface area contributed by atoms with Crippen molar-refractivity contribution in [3.05, 3.63) is 46.8 Å². The first-order valence-electron chi connectivity index (χ1n) is 8.67. The minimum Gasteiger partial charge on any atom is -0.336 e. The fourth-order valence-electron chi connectivity index (χ4n) is 3.34. The summed E-state index contributed by atoms with van der Waals surface area (Å²) < 4.78 is 2.05. The summed E-state index contributed by atoms with van der Waals surface area (Å²) in [5.74, 6) is 0. The second-order valence-corrected chi connectivity index (χ2v) is 6.89. The normalized spacial score (nSPS) is 16.8. The van der Waals surface area contributed by atoms with Crippen molar-refractivity contribution in [3.8, 4) is 5.69 Å². The number of carbonyl (C=O) groups excluding carboxylic acids is 1. The Morgan fingerprint density at radius 3 is 2.88 bits per heavy atom. The molecule has 1 aliphatic rings. The van der Waals surface area contributed by atoms with Crippen LogP contribution in [0.5, 0.6) is 0 Å². The molecule has 0 saturated carbocycles. The summed E-state index contributed by atoms with van der Waals surface area (Å²) in [6, 6.07) is 6.35. The molecular weight excluding hydrogens is 300 g/mol. The molecule has 0 unspecified atom stereocenters. The SMILES string of the molecule is Cc1cccc(-n2ncc3c2CCC[C@@H]3NC(=O)NC(C)C)c1C. The molecule has 0 saturated heterocycles. The van der Waals surface area contributed by atoms with Crippen LogP contribution in [-0.2, 0) is 6.42 Å². The highest BCUT2D eigenvalue weighted by Crippen LogP contribution is 2.32. The minimum atomic E-state index is -0.109. The van der Waals surface area contributed by atoms with Crippen molar-refractivity contribution in [2.45, 2.75) is 59.0 Å². The van der Waals surface area contributed by atoms with Crippen LogP contribution in [0.2, 0.25) is 0 Å². The van der Waals surface area contributed by atoms with E-state index in [2.05, 4.69) is 47.8 Å². The molecule has 0 aliphatic heterocycles. The van der Waals surface area contributed by atoms with Crippen molar-refractivity contribution in [1.29, 1.82) is 0 Å². The zero-order chi connectivity index (χ0) is 17.3. The number of carbonyl (C=O) groups is 1. The van der Waals surface area contributed by atoms with Crippen molar-refractivity contribution < 1.29 is 4.79 Å². The predicted molar refractivity (Wildman–Crippen MR) is 95.5 cm³/mol. The maximum absolute atomic E-state index is 12.1. The summed E-state index contributed by atoms with van der Waals surface area (Å²) in [5.41, 5.74) is 5.99. The molecule has 2 amide bonds. The summed E-state index contributed by atoms with van der Waals surface area (Å²) >= 11 is 0. The van der Waals surface area contributed by atoms with Gasteiger partial charge in [-0.05, 0) is 64.2 Å². The van der Waals surface area contributed by atoms with Gasteiger partial charge in [0.15, 0.2) is 0 Å². The van der Waals surface area contributed by atoms with E-state index < -0.39 is 0 Å². The van der Waals surface area contributed by atoms with Crippen molar-refractivity contribution in [2.24, 2.45) is 0 Å². The number of amides is 2. The number of urea groups is 1. The van der Waals surface area contributed by atoms with Gasteiger partial charge in [0.1, 0.15) is 0 Å². The summed E-state index contributed by atoms with van der Waals surface area (Å²) in [4.78, 5) is 12.1. The lowest BCUT2D eigenvalue weighted by atomic mass is 9.93. The quantitative estimate of drug-likeness (QED) is 0.906. The van der Waals surface area contributed by atoms with Gasteiger partial charge in [-0.15, -0.1) is 0 Å². The number of hydrogen-bond acceptors (Lipinski definition) is 2. The lowest BCUT2D eigenvalue weighted by Crippen LogP contribution is -2.42. The van der Waals surface area contributed by atoms with Gasteiger partial charge in [0.2, 0.25) is 0 Å². The van der Waals surface area contributed by atoms with Crippen LogP contribution in [0.4, 0.5) is 4.79 Å². The number of nitrogens with zero attached hydrogens (tertiary/aromatic N) is 2. The van der Waals surface area contributed by atoms with Gasteiger partial charge in [0.05, 0.1) is 17.9 Å². The molecule has 0 spiro atoms. The zero-order valence-corrected chi connectivity index (χ0v) is 14.9. The first-order chi connectivity index (χ1) is 11.5. The van der Waals surface area contributed by atoms with E-state index in [1.807, 2.05) is 24.7 Å². The van der Waals surface area contributed by atoms with Crippen LogP contribution in [0, 0.1) is 13.8 Å². The predicted octanol–water partition coefficient (Wildman–Crippen LogP) is 3.57. The standard InChI is InChI=1S/C19H26N4O/c1-12(2)21-19(24)22-16-8-6-10-18-15(16)11-20-23(18)17-9-5-7-13(3)14(17)4/h5,7,9,11-12,16H,6,8,10H2,1-4H3,(H2,21,22,24)/t16-/m0/s1. The van der Waals surface area contributed by atoms with E-state index in [1.165, 1.54) is 16.8 Å². The largest absolute Gasteiger partial charge is 0.336 e. The monoisotopic (exact) mass is 326 g/mol. The van der Waals surface area contributed by atoms with E-state index in [0.717, 1.165) is 30.5 Å². The number of aromatic nitrogens is 2. The maximum atomic E-state index is 12.1. The molecule has 2 N–H and O–H groups in total. The van der Waals surface area contributed by atoms with Gasteiger partial charge in [-0.1, -0.05) is 12.1 Å². The maximum Gasteiger partial charge on any atom is 0.315 e. The fourth-order valence-corrected chi connectivity index (χ4v) is 3.34. The number of fused-ring (bicyclic) bond motifs is 1. The van der Waals surface area contributed by atoms with E-state index >= 15 is 0 Å². The van der Waals surface area contributed by atoms with E-state index in [-0.39, 0.29) is 18.1 Å². The molecule has 1 aliphatic carbocycles. The van der Waals surface area contributed by atoms with Crippen LogP contribution in [0.3, 0.4) is 0 Å².